The van der Waals surface area contributed by atoms with E-state index in [-0.39, 0.29) is 13.0 Å². The van der Waals surface area contributed by atoms with Gasteiger partial charge >= 0.3 is 12.0 Å². The predicted octanol–water partition coefficient (Wildman–Crippen LogP) is 0.467. The Hall–Kier alpha value is -2.15. The van der Waals surface area contributed by atoms with Crippen LogP contribution < -0.4 is 5.32 Å². The standard InChI is InChI=1S/C13H17N3O4/c1-16(8-10-2-5-14-6-3-10)12(19)15-13(11(17)18)4-7-20-9-13/h2-3,5-6H,4,7-9H2,1H3,(H,15,19)(H,17,18). The van der Waals surface area contributed by atoms with E-state index in [0.29, 0.717) is 13.2 Å². The first-order chi connectivity index (χ1) is 9.53. The highest BCUT2D eigenvalue weighted by Gasteiger charge is 2.44. The van der Waals surface area contributed by atoms with Crippen LogP contribution in [0, 0.1) is 0 Å². The zero-order chi connectivity index (χ0) is 14.6. The van der Waals surface area contributed by atoms with Crippen LogP contribution in [-0.4, -0.2) is 52.8 Å². The van der Waals surface area contributed by atoms with Gasteiger partial charge in [0, 0.05) is 39.0 Å². The molecule has 108 valence electrons. The third-order valence-electron chi connectivity index (χ3n) is 3.29. The Labute approximate surface area is 116 Å². The van der Waals surface area contributed by atoms with Gasteiger partial charge in [-0.05, 0) is 17.7 Å². The average Bonchev–Trinajstić information content (AvgIpc) is 2.89. The molecule has 1 fully saturated rings. The second kappa shape index (κ2) is 5.87. The smallest absolute Gasteiger partial charge is 0.332 e. The normalized spacial score (nSPS) is 21.4. The van der Waals surface area contributed by atoms with Gasteiger partial charge < -0.3 is 20.1 Å². The Bertz CT molecular complexity index is 486. The molecule has 1 aromatic rings. The Morgan fingerprint density at radius 1 is 1.50 bits per heavy atom. The van der Waals surface area contributed by atoms with Crippen molar-refractivity contribution < 1.29 is 19.4 Å². The second-order valence-electron chi connectivity index (χ2n) is 4.83. The van der Waals surface area contributed by atoms with E-state index in [1.807, 2.05) is 0 Å². The van der Waals surface area contributed by atoms with Crippen LogP contribution in [0.1, 0.15) is 12.0 Å². The Morgan fingerprint density at radius 2 is 2.20 bits per heavy atom. The van der Waals surface area contributed by atoms with E-state index in [0.717, 1.165) is 5.56 Å². The Morgan fingerprint density at radius 3 is 2.75 bits per heavy atom. The fraction of sp³-hybridized carbons (Fsp3) is 0.462. The van der Waals surface area contributed by atoms with E-state index in [1.54, 1.807) is 31.6 Å². The SMILES string of the molecule is CN(Cc1ccncc1)C(=O)NC1(C(=O)O)CCOC1. The molecule has 0 radical (unpaired) electrons. The van der Waals surface area contributed by atoms with Gasteiger partial charge in [0.05, 0.1) is 6.61 Å². The summed E-state index contributed by atoms with van der Waals surface area (Å²) < 4.78 is 5.10. The number of hydrogen-bond donors (Lipinski definition) is 2. The number of rotatable bonds is 4. The van der Waals surface area contributed by atoms with Crippen LogP contribution in [0.15, 0.2) is 24.5 Å². The predicted molar refractivity (Wildman–Crippen MR) is 70.0 cm³/mol. The average molecular weight is 279 g/mol. The van der Waals surface area contributed by atoms with Gasteiger partial charge in [0.15, 0.2) is 5.54 Å². The summed E-state index contributed by atoms with van der Waals surface area (Å²) in [5.41, 5.74) is -0.395. The number of carboxylic acid groups (broad SMARTS) is 1. The van der Waals surface area contributed by atoms with Crippen molar-refractivity contribution in [3.05, 3.63) is 30.1 Å². The second-order valence-corrected chi connectivity index (χ2v) is 4.83. The van der Waals surface area contributed by atoms with Crippen LogP contribution in [0.25, 0.3) is 0 Å². The van der Waals surface area contributed by atoms with E-state index in [2.05, 4.69) is 10.3 Å². The van der Waals surface area contributed by atoms with Crippen LogP contribution in [0.3, 0.4) is 0 Å². The van der Waals surface area contributed by atoms with Crippen molar-refractivity contribution in [1.82, 2.24) is 15.2 Å². The lowest BCUT2D eigenvalue weighted by Gasteiger charge is -2.27. The first kappa shape index (κ1) is 14.3. The van der Waals surface area contributed by atoms with Gasteiger partial charge in [-0.2, -0.15) is 0 Å². The van der Waals surface area contributed by atoms with Gasteiger partial charge in [-0.1, -0.05) is 0 Å². The van der Waals surface area contributed by atoms with E-state index in [4.69, 9.17) is 4.74 Å². The zero-order valence-corrected chi connectivity index (χ0v) is 11.2. The molecule has 1 aliphatic heterocycles. The molecular weight excluding hydrogens is 262 g/mol. The lowest BCUT2D eigenvalue weighted by molar-refractivity contribution is -0.144. The number of aromatic nitrogens is 1. The number of ether oxygens (including phenoxy) is 1. The van der Waals surface area contributed by atoms with Crippen molar-refractivity contribution in [3.63, 3.8) is 0 Å². The fourth-order valence-corrected chi connectivity index (χ4v) is 2.02. The third kappa shape index (κ3) is 3.05. The highest BCUT2D eigenvalue weighted by Crippen LogP contribution is 2.19. The summed E-state index contributed by atoms with van der Waals surface area (Å²) in [4.78, 5) is 28.7. The van der Waals surface area contributed by atoms with Crippen molar-refractivity contribution in [2.24, 2.45) is 0 Å². The third-order valence-corrected chi connectivity index (χ3v) is 3.29. The van der Waals surface area contributed by atoms with E-state index in [9.17, 15) is 14.7 Å². The summed E-state index contributed by atoms with van der Waals surface area (Å²) in [6.07, 6.45) is 3.56. The van der Waals surface area contributed by atoms with Gasteiger partial charge in [-0.15, -0.1) is 0 Å². The topological polar surface area (TPSA) is 91.8 Å². The number of nitrogens with one attached hydrogen (secondary N) is 1. The first-order valence-electron chi connectivity index (χ1n) is 6.27. The van der Waals surface area contributed by atoms with Crippen molar-refractivity contribution in [1.29, 1.82) is 0 Å². The number of aliphatic carboxylic acids is 1. The van der Waals surface area contributed by atoms with Crippen molar-refractivity contribution in [2.45, 2.75) is 18.5 Å². The fourth-order valence-electron chi connectivity index (χ4n) is 2.02. The monoisotopic (exact) mass is 279 g/mol. The van der Waals surface area contributed by atoms with Gasteiger partial charge in [0.1, 0.15) is 0 Å². The molecule has 1 aliphatic rings. The van der Waals surface area contributed by atoms with Crippen LogP contribution in [0.5, 0.6) is 0 Å². The van der Waals surface area contributed by atoms with Crippen molar-refractivity contribution in [3.8, 4) is 0 Å². The van der Waals surface area contributed by atoms with Gasteiger partial charge in [-0.25, -0.2) is 9.59 Å². The molecule has 7 nitrogen and oxygen atoms in total. The maximum absolute atomic E-state index is 12.1. The Balaban J connectivity index is 1.98. The van der Waals surface area contributed by atoms with E-state index < -0.39 is 17.5 Å². The molecule has 0 spiro atoms. The molecule has 2 heterocycles. The molecule has 20 heavy (non-hydrogen) atoms. The zero-order valence-electron chi connectivity index (χ0n) is 11.2. The van der Waals surface area contributed by atoms with Crippen LogP contribution in [0.4, 0.5) is 4.79 Å². The van der Waals surface area contributed by atoms with Gasteiger partial charge in [0.2, 0.25) is 0 Å². The molecule has 0 bridgehead atoms. The maximum Gasteiger partial charge on any atom is 0.332 e. The highest BCUT2D eigenvalue weighted by atomic mass is 16.5. The molecule has 2 rings (SSSR count). The highest BCUT2D eigenvalue weighted by molar-refractivity contribution is 5.86. The van der Waals surface area contributed by atoms with Crippen LogP contribution in [-0.2, 0) is 16.1 Å². The molecule has 0 saturated carbocycles. The summed E-state index contributed by atoms with van der Waals surface area (Å²) >= 11 is 0. The molecule has 2 amide bonds. The van der Waals surface area contributed by atoms with Crippen molar-refractivity contribution >= 4 is 12.0 Å². The molecule has 7 heteroatoms. The first-order valence-corrected chi connectivity index (χ1v) is 6.27. The summed E-state index contributed by atoms with van der Waals surface area (Å²) in [6, 6.07) is 3.17. The quantitative estimate of drug-likeness (QED) is 0.835. The van der Waals surface area contributed by atoms with Crippen LogP contribution >= 0.6 is 0 Å². The van der Waals surface area contributed by atoms with Crippen molar-refractivity contribution in [2.75, 3.05) is 20.3 Å². The summed E-state index contributed by atoms with van der Waals surface area (Å²) in [5, 5.41) is 11.8. The minimum absolute atomic E-state index is 0.00281. The lowest BCUT2D eigenvalue weighted by Crippen LogP contribution is -2.57. The lowest BCUT2D eigenvalue weighted by atomic mass is 9.99. The number of amides is 2. The number of urea groups is 1. The van der Waals surface area contributed by atoms with Gasteiger partial charge in [-0.3, -0.25) is 4.98 Å². The summed E-state index contributed by atoms with van der Waals surface area (Å²) in [7, 11) is 1.61. The molecule has 1 unspecified atom stereocenters. The number of hydrogen-bond acceptors (Lipinski definition) is 4. The maximum atomic E-state index is 12.1. The number of carbonyl (C=O) groups is 2. The summed E-state index contributed by atoms with van der Waals surface area (Å²) in [6.45, 7) is 0.711. The molecular formula is C13H17N3O4. The summed E-state index contributed by atoms with van der Waals surface area (Å²) in [5.74, 6) is -1.07. The van der Waals surface area contributed by atoms with Gasteiger partial charge in [0.25, 0.3) is 0 Å². The molecule has 0 aromatic carbocycles. The molecule has 1 aromatic heterocycles. The minimum Gasteiger partial charge on any atom is -0.479 e. The minimum atomic E-state index is -1.32. The van der Waals surface area contributed by atoms with E-state index >= 15 is 0 Å². The Kier molecular flexibility index (Phi) is 4.19. The van der Waals surface area contributed by atoms with Crippen LogP contribution in [0.2, 0.25) is 0 Å². The molecule has 1 atom stereocenters. The number of carboxylic acids is 1. The molecule has 0 aliphatic carbocycles. The largest absolute Gasteiger partial charge is 0.479 e. The number of pyridine rings is 1. The molecule has 1 saturated heterocycles. The number of nitrogens with zero attached hydrogens (tertiary/aromatic N) is 2. The van der Waals surface area contributed by atoms with E-state index in [1.165, 1.54) is 4.90 Å². The number of carbonyl (C=O) groups excluding carboxylic acids is 1. The molecule has 2 N–H and O–H groups in total.